The van der Waals surface area contributed by atoms with Gasteiger partial charge in [-0.2, -0.15) is 0 Å². The highest BCUT2D eigenvalue weighted by molar-refractivity contribution is 5.90. The summed E-state index contributed by atoms with van der Waals surface area (Å²) in [6, 6.07) is 3.33. The van der Waals surface area contributed by atoms with E-state index in [0.717, 1.165) is 25.0 Å². The molecule has 0 heterocycles. The number of aliphatic hydroxyl groups is 1. The van der Waals surface area contributed by atoms with Crippen molar-refractivity contribution in [3.05, 3.63) is 29.6 Å². The highest BCUT2D eigenvalue weighted by Crippen LogP contribution is 2.30. The molecule has 0 spiro atoms. The van der Waals surface area contributed by atoms with E-state index >= 15 is 0 Å². The van der Waals surface area contributed by atoms with Crippen molar-refractivity contribution in [1.29, 1.82) is 0 Å². The molecule has 1 fully saturated rings. The molecule has 2 N–H and O–H groups in total. The van der Waals surface area contributed by atoms with Crippen molar-refractivity contribution in [2.45, 2.75) is 31.3 Å². The molecule has 0 bridgehead atoms. The number of hydrogen-bond donors (Lipinski definition) is 2. The molecule has 0 aliphatic heterocycles. The molecule has 1 aromatic rings. The van der Waals surface area contributed by atoms with E-state index in [1.807, 2.05) is 0 Å². The predicted molar refractivity (Wildman–Crippen MR) is 62.3 cm³/mol. The average molecular weight is 254 g/mol. The van der Waals surface area contributed by atoms with Gasteiger partial charge in [-0.05, 0) is 31.0 Å². The molecule has 0 radical (unpaired) electrons. The Morgan fingerprint density at radius 2 is 2.06 bits per heavy atom. The highest BCUT2D eigenvalue weighted by Gasteiger charge is 2.32. The lowest BCUT2D eigenvalue weighted by Crippen LogP contribution is -2.32. The first-order valence-corrected chi connectivity index (χ1v) is 5.88. The second-order valence-corrected chi connectivity index (χ2v) is 4.67. The topological polar surface area (TPSA) is 66.8 Å². The van der Waals surface area contributed by atoms with Gasteiger partial charge in [0.05, 0.1) is 5.60 Å². The van der Waals surface area contributed by atoms with E-state index in [4.69, 9.17) is 9.84 Å². The fourth-order valence-corrected chi connectivity index (χ4v) is 2.18. The molecule has 5 heteroatoms. The summed E-state index contributed by atoms with van der Waals surface area (Å²) in [5.41, 5.74) is -1.11. The van der Waals surface area contributed by atoms with Crippen LogP contribution in [0.15, 0.2) is 18.2 Å². The third-order valence-corrected chi connectivity index (χ3v) is 3.20. The molecule has 2 rings (SSSR count). The quantitative estimate of drug-likeness (QED) is 0.864. The number of halogens is 1. The lowest BCUT2D eigenvalue weighted by atomic mass is 10.0. The Balaban J connectivity index is 2.11. The summed E-state index contributed by atoms with van der Waals surface area (Å²) in [6.07, 6.45) is 3.18. The van der Waals surface area contributed by atoms with Gasteiger partial charge in [-0.15, -0.1) is 0 Å². The van der Waals surface area contributed by atoms with Gasteiger partial charge in [-0.1, -0.05) is 12.8 Å². The molecule has 1 aliphatic carbocycles. The summed E-state index contributed by atoms with van der Waals surface area (Å²) in [5.74, 6) is -1.79. The van der Waals surface area contributed by atoms with E-state index in [1.165, 1.54) is 6.07 Å². The van der Waals surface area contributed by atoms with Crippen LogP contribution in [-0.4, -0.2) is 28.4 Å². The monoisotopic (exact) mass is 254 g/mol. The minimum absolute atomic E-state index is 0.0406. The standard InChI is InChI=1S/C13H15FO4/c14-9-3-4-11(10(7-9)12(15)16)18-8-13(17)5-1-2-6-13/h3-4,7,17H,1-2,5-6,8H2,(H,15,16). The zero-order valence-corrected chi connectivity index (χ0v) is 9.86. The Labute approximate surface area is 104 Å². The lowest BCUT2D eigenvalue weighted by Gasteiger charge is -2.22. The average Bonchev–Trinajstić information content (AvgIpc) is 2.75. The largest absolute Gasteiger partial charge is 0.490 e. The summed E-state index contributed by atoms with van der Waals surface area (Å²) in [5, 5.41) is 19.0. The number of carboxylic acid groups (broad SMARTS) is 1. The summed E-state index contributed by atoms with van der Waals surface area (Å²) >= 11 is 0. The molecular weight excluding hydrogens is 239 g/mol. The maximum absolute atomic E-state index is 13.0. The van der Waals surface area contributed by atoms with Gasteiger partial charge in [-0.25, -0.2) is 9.18 Å². The molecule has 0 unspecified atom stereocenters. The van der Waals surface area contributed by atoms with Crippen molar-refractivity contribution in [2.24, 2.45) is 0 Å². The third-order valence-electron chi connectivity index (χ3n) is 3.20. The van der Waals surface area contributed by atoms with Gasteiger partial charge < -0.3 is 14.9 Å². The molecule has 1 aliphatic rings. The Morgan fingerprint density at radius 3 is 2.67 bits per heavy atom. The number of benzene rings is 1. The van der Waals surface area contributed by atoms with E-state index in [9.17, 15) is 14.3 Å². The molecular formula is C13H15FO4. The maximum Gasteiger partial charge on any atom is 0.339 e. The van der Waals surface area contributed by atoms with Crippen molar-refractivity contribution in [3.63, 3.8) is 0 Å². The van der Waals surface area contributed by atoms with E-state index in [-0.39, 0.29) is 17.9 Å². The fourth-order valence-electron chi connectivity index (χ4n) is 2.18. The van der Waals surface area contributed by atoms with Gasteiger partial charge in [-0.3, -0.25) is 0 Å². The zero-order valence-electron chi connectivity index (χ0n) is 9.86. The van der Waals surface area contributed by atoms with Gasteiger partial charge in [0.1, 0.15) is 23.7 Å². The Hall–Kier alpha value is -1.62. The number of carbonyl (C=O) groups is 1. The summed E-state index contributed by atoms with van der Waals surface area (Å²) in [4.78, 5) is 10.9. The van der Waals surface area contributed by atoms with Gasteiger partial charge in [0.15, 0.2) is 0 Å². The third kappa shape index (κ3) is 2.79. The summed E-state index contributed by atoms with van der Waals surface area (Å²) in [6.45, 7) is 0.0406. The first-order chi connectivity index (χ1) is 8.50. The van der Waals surface area contributed by atoms with E-state index < -0.39 is 17.4 Å². The van der Waals surface area contributed by atoms with Crippen LogP contribution in [0.4, 0.5) is 4.39 Å². The molecule has 1 aromatic carbocycles. The Morgan fingerprint density at radius 1 is 1.39 bits per heavy atom. The van der Waals surface area contributed by atoms with Gasteiger partial charge in [0, 0.05) is 0 Å². The van der Waals surface area contributed by atoms with Crippen molar-refractivity contribution < 1.29 is 24.1 Å². The number of rotatable bonds is 4. The molecule has 0 saturated heterocycles. The zero-order chi connectivity index (χ0) is 13.2. The second kappa shape index (κ2) is 4.94. The van der Waals surface area contributed by atoms with Crippen LogP contribution < -0.4 is 4.74 Å². The van der Waals surface area contributed by atoms with Crippen LogP contribution in [0.1, 0.15) is 36.0 Å². The van der Waals surface area contributed by atoms with Gasteiger partial charge in [0.25, 0.3) is 0 Å². The summed E-state index contributed by atoms with van der Waals surface area (Å²) in [7, 11) is 0. The van der Waals surface area contributed by atoms with E-state index in [2.05, 4.69) is 0 Å². The molecule has 18 heavy (non-hydrogen) atoms. The number of ether oxygens (including phenoxy) is 1. The fraction of sp³-hybridized carbons (Fsp3) is 0.462. The highest BCUT2D eigenvalue weighted by atomic mass is 19.1. The van der Waals surface area contributed by atoms with Gasteiger partial charge in [0.2, 0.25) is 0 Å². The van der Waals surface area contributed by atoms with E-state index in [0.29, 0.717) is 12.8 Å². The minimum atomic E-state index is -1.25. The maximum atomic E-state index is 13.0. The van der Waals surface area contributed by atoms with Crippen molar-refractivity contribution >= 4 is 5.97 Å². The first kappa shape index (κ1) is 12.8. The van der Waals surface area contributed by atoms with Crippen LogP contribution >= 0.6 is 0 Å². The van der Waals surface area contributed by atoms with E-state index in [1.54, 1.807) is 0 Å². The normalized spacial score (nSPS) is 17.7. The van der Waals surface area contributed by atoms with Crippen LogP contribution in [0.25, 0.3) is 0 Å². The van der Waals surface area contributed by atoms with Crippen molar-refractivity contribution in [2.75, 3.05) is 6.61 Å². The lowest BCUT2D eigenvalue weighted by molar-refractivity contribution is 0.000884. The molecule has 0 atom stereocenters. The Kier molecular flexibility index (Phi) is 3.52. The molecule has 0 aromatic heterocycles. The smallest absolute Gasteiger partial charge is 0.339 e. The van der Waals surface area contributed by atoms with Crippen LogP contribution in [0.5, 0.6) is 5.75 Å². The second-order valence-electron chi connectivity index (χ2n) is 4.67. The SMILES string of the molecule is O=C(O)c1cc(F)ccc1OCC1(O)CCCC1. The molecule has 4 nitrogen and oxygen atoms in total. The number of carboxylic acids is 1. The molecule has 1 saturated carbocycles. The predicted octanol–water partition coefficient (Wildman–Crippen LogP) is 2.21. The van der Waals surface area contributed by atoms with Crippen molar-refractivity contribution in [3.8, 4) is 5.75 Å². The van der Waals surface area contributed by atoms with Crippen LogP contribution in [-0.2, 0) is 0 Å². The van der Waals surface area contributed by atoms with Crippen LogP contribution in [0.2, 0.25) is 0 Å². The van der Waals surface area contributed by atoms with Crippen LogP contribution in [0.3, 0.4) is 0 Å². The summed E-state index contributed by atoms with van der Waals surface area (Å²) < 4.78 is 18.3. The molecule has 0 amide bonds. The number of aromatic carboxylic acids is 1. The van der Waals surface area contributed by atoms with Crippen LogP contribution in [0, 0.1) is 5.82 Å². The first-order valence-electron chi connectivity index (χ1n) is 5.88. The minimum Gasteiger partial charge on any atom is -0.490 e. The van der Waals surface area contributed by atoms with Crippen molar-refractivity contribution in [1.82, 2.24) is 0 Å². The van der Waals surface area contributed by atoms with Gasteiger partial charge >= 0.3 is 5.97 Å². The molecule has 98 valence electrons. The number of hydrogen-bond acceptors (Lipinski definition) is 3. The Bertz CT molecular complexity index is 452.